The predicted octanol–water partition coefficient (Wildman–Crippen LogP) is 6.98. The van der Waals surface area contributed by atoms with Gasteiger partial charge in [-0.3, -0.25) is 4.31 Å². The van der Waals surface area contributed by atoms with Crippen LogP contribution in [0.5, 0.6) is 0 Å². The Morgan fingerprint density at radius 3 is 2.45 bits per heavy atom. The molecule has 42 heavy (non-hydrogen) atoms. The molecule has 0 bridgehead atoms. The van der Waals surface area contributed by atoms with Crippen molar-refractivity contribution in [1.82, 2.24) is 0 Å². The highest BCUT2D eigenvalue weighted by Gasteiger charge is 2.32. The summed E-state index contributed by atoms with van der Waals surface area (Å²) >= 11 is 0. The van der Waals surface area contributed by atoms with Crippen LogP contribution in [0.4, 0.5) is 18.9 Å². The Labute approximate surface area is 240 Å². The second-order valence-corrected chi connectivity index (χ2v) is 11.8. The highest BCUT2D eigenvalue weighted by Crippen LogP contribution is 2.33. The SMILES string of the molecule is C=CCN(c1cccc(C(F)(F)F)c1)S(=O)(=O)c1cccc(C(=O)OCc2cc(=O)oc3cc(C)c(C(C)C)cc23)c1. The van der Waals surface area contributed by atoms with Gasteiger partial charge in [0.25, 0.3) is 10.0 Å². The van der Waals surface area contributed by atoms with Crippen molar-refractivity contribution in [3.63, 3.8) is 0 Å². The number of carbonyl (C=O) groups excluding carboxylic acids is 1. The smallest absolute Gasteiger partial charge is 0.416 e. The lowest BCUT2D eigenvalue weighted by atomic mass is 9.95. The Balaban J connectivity index is 1.63. The Kier molecular flexibility index (Phi) is 8.63. The number of sulfonamides is 1. The van der Waals surface area contributed by atoms with Gasteiger partial charge in [0.2, 0.25) is 0 Å². The number of benzene rings is 3. The third-order valence-electron chi connectivity index (χ3n) is 6.61. The number of hydrogen-bond acceptors (Lipinski definition) is 6. The Morgan fingerprint density at radius 1 is 1.07 bits per heavy atom. The van der Waals surface area contributed by atoms with Crippen LogP contribution in [0, 0.1) is 6.92 Å². The molecule has 0 aliphatic heterocycles. The van der Waals surface area contributed by atoms with Crippen molar-refractivity contribution in [1.29, 1.82) is 0 Å². The molecule has 7 nitrogen and oxygen atoms in total. The van der Waals surface area contributed by atoms with Gasteiger partial charge in [-0.15, -0.1) is 6.58 Å². The molecule has 1 heterocycles. The van der Waals surface area contributed by atoms with E-state index in [0.717, 1.165) is 39.7 Å². The minimum absolute atomic E-state index is 0.107. The van der Waals surface area contributed by atoms with Crippen molar-refractivity contribution < 1.29 is 35.5 Å². The normalized spacial score (nSPS) is 12.0. The molecular weight excluding hydrogens is 571 g/mol. The van der Waals surface area contributed by atoms with Gasteiger partial charge < -0.3 is 9.15 Å². The maximum Gasteiger partial charge on any atom is 0.416 e. The number of ether oxygens (including phenoxy) is 1. The summed E-state index contributed by atoms with van der Waals surface area (Å²) in [5.74, 6) is -0.669. The molecule has 4 rings (SSSR count). The topological polar surface area (TPSA) is 93.9 Å². The first-order valence-electron chi connectivity index (χ1n) is 12.9. The van der Waals surface area contributed by atoms with Crippen molar-refractivity contribution in [2.24, 2.45) is 0 Å². The van der Waals surface area contributed by atoms with Gasteiger partial charge in [-0.2, -0.15) is 13.2 Å². The molecular formula is C31H28F3NO6S. The van der Waals surface area contributed by atoms with E-state index in [2.05, 4.69) is 6.58 Å². The summed E-state index contributed by atoms with van der Waals surface area (Å²) in [6, 6.07) is 13.8. The lowest BCUT2D eigenvalue weighted by molar-refractivity contribution is -0.137. The maximum atomic E-state index is 13.5. The summed E-state index contributed by atoms with van der Waals surface area (Å²) in [5, 5.41) is 0.606. The van der Waals surface area contributed by atoms with Crippen molar-refractivity contribution in [3.8, 4) is 0 Å². The standard InChI is InChI=1S/C31H28F3NO6S/c1-5-12-35(24-10-7-9-23(16-24)31(32,33)34)42(38,39)25-11-6-8-21(14-25)30(37)40-18-22-15-29(36)41-28-13-20(4)26(19(2)3)17-27(22)28/h5-11,13-17,19H,1,12,18H2,2-4H3. The molecule has 0 amide bonds. The fourth-order valence-electron chi connectivity index (χ4n) is 4.57. The van der Waals surface area contributed by atoms with E-state index in [1.165, 1.54) is 36.4 Å². The number of rotatable bonds is 9. The van der Waals surface area contributed by atoms with Crippen LogP contribution in [-0.2, 0) is 27.5 Å². The average molecular weight is 600 g/mol. The van der Waals surface area contributed by atoms with Crippen LogP contribution in [0.15, 0.2) is 93.5 Å². The predicted molar refractivity (Wildman–Crippen MR) is 153 cm³/mol. The molecule has 0 atom stereocenters. The number of hydrogen-bond donors (Lipinski definition) is 0. The van der Waals surface area contributed by atoms with E-state index in [9.17, 15) is 31.2 Å². The molecule has 0 saturated carbocycles. The van der Waals surface area contributed by atoms with E-state index in [0.29, 0.717) is 16.5 Å². The molecule has 0 unspecified atom stereocenters. The minimum Gasteiger partial charge on any atom is -0.457 e. The van der Waals surface area contributed by atoms with Crippen LogP contribution in [0.1, 0.15) is 52.4 Å². The lowest BCUT2D eigenvalue weighted by Gasteiger charge is -2.24. The van der Waals surface area contributed by atoms with E-state index in [1.807, 2.05) is 26.8 Å². The number of esters is 1. The van der Waals surface area contributed by atoms with Crippen molar-refractivity contribution >= 4 is 32.6 Å². The molecule has 0 aliphatic rings. The monoisotopic (exact) mass is 599 g/mol. The largest absolute Gasteiger partial charge is 0.457 e. The van der Waals surface area contributed by atoms with Crippen molar-refractivity contribution in [3.05, 3.63) is 118 Å². The van der Waals surface area contributed by atoms with E-state index < -0.39 is 33.4 Å². The van der Waals surface area contributed by atoms with Gasteiger partial charge in [-0.1, -0.05) is 32.1 Å². The number of aryl methyl sites for hydroxylation is 1. The highest BCUT2D eigenvalue weighted by molar-refractivity contribution is 7.92. The second kappa shape index (κ2) is 11.8. The number of nitrogens with zero attached hydrogens (tertiary/aromatic N) is 1. The third kappa shape index (κ3) is 6.41. The molecule has 0 aliphatic carbocycles. The van der Waals surface area contributed by atoms with Crippen LogP contribution in [-0.4, -0.2) is 20.9 Å². The first-order chi connectivity index (χ1) is 19.7. The van der Waals surface area contributed by atoms with E-state index in [1.54, 1.807) is 6.07 Å². The lowest BCUT2D eigenvalue weighted by Crippen LogP contribution is -2.31. The zero-order valence-corrected chi connectivity index (χ0v) is 23.9. The minimum atomic E-state index is -4.68. The number of alkyl halides is 3. The molecule has 0 radical (unpaired) electrons. The summed E-state index contributed by atoms with van der Waals surface area (Å²) in [6.45, 7) is 8.87. The molecule has 11 heteroatoms. The van der Waals surface area contributed by atoms with Crippen molar-refractivity contribution in [2.45, 2.75) is 44.4 Å². The molecule has 1 aromatic heterocycles. The molecule has 220 valence electrons. The molecule has 0 fully saturated rings. The summed E-state index contributed by atoms with van der Waals surface area (Å²) in [4.78, 5) is 24.8. The summed E-state index contributed by atoms with van der Waals surface area (Å²) in [5.41, 5.74) is 0.792. The van der Waals surface area contributed by atoms with Gasteiger partial charge in [0.15, 0.2) is 0 Å². The van der Waals surface area contributed by atoms with Crippen LogP contribution >= 0.6 is 0 Å². The molecule has 0 spiro atoms. The van der Waals surface area contributed by atoms with Gasteiger partial charge in [0.05, 0.1) is 28.3 Å². The Morgan fingerprint density at radius 2 is 1.79 bits per heavy atom. The van der Waals surface area contributed by atoms with Crippen LogP contribution in [0.25, 0.3) is 11.0 Å². The van der Waals surface area contributed by atoms with Gasteiger partial charge in [0.1, 0.15) is 12.2 Å². The second-order valence-electron chi connectivity index (χ2n) is 9.93. The van der Waals surface area contributed by atoms with Gasteiger partial charge in [-0.25, -0.2) is 18.0 Å². The molecule has 4 aromatic rings. The highest BCUT2D eigenvalue weighted by atomic mass is 32.2. The fourth-order valence-corrected chi connectivity index (χ4v) is 6.04. The zero-order chi connectivity index (χ0) is 30.8. The Hall–Kier alpha value is -4.38. The summed E-state index contributed by atoms with van der Waals surface area (Å²) in [6.07, 6.45) is -3.44. The zero-order valence-electron chi connectivity index (χ0n) is 23.1. The summed E-state index contributed by atoms with van der Waals surface area (Å²) in [7, 11) is -4.42. The van der Waals surface area contributed by atoms with Gasteiger partial charge in [-0.05, 0) is 72.5 Å². The van der Waals surface area contributed by atoms with E-state index >= 15 is 0 Å². The quantitative estimate of drug-likeness (QED) is 0.117. The number of fused-ring (bicyclic) bond motifs is 1. The van der Waals surface area contributed by atoms with Gasteiger partial charge >= 0.3 is 17.8 Å². The number of carbonyl (C=O) groups is 1. The first kappa shape index (κ1) is 30.6. The first-order valence-corrected chi connectivity index (χ1v) is 14.3. The van der Waals surface area contributed by atoms with E-state index in [4.69, 9.17) is 9.15 Å². The maximum absolute atomic E-state index is 13.5. The third-order valence-corrected chi connectivity index (χ3v) is 8.40. The van der Waals surface area contributed by atoms with Crippen LogP contribution in [0.2, 0.25) is 0 Å². The van der Waals surface area contributed by atoms with Gasteiger partial charge in [0, 0.05) is 17.0 Å². The molecule has 3 aromatic carbocycles. The molecule has 0 saturated heterocycles. The van der Waals surface area contributed by atoms with Crippen molar-refractivity contribution in [2.75, 3.05) is 10.8 Å². The average Bonchev–Trinajstić information content (AvgIpc) is 2.93. The van der Waals surface area contributed by atoms with Crippen LogP contribution < -0.4 is 9.93 Å². The molecule has 0 N–H and O–H groups in total. The number of anilines is 1. The summed E-state index contributed by atoms with van der Waals surface area (Å²) < 4.78 is 78.5. The number of halogens is 3. The fraction of sp³-hybridized carbons (Fsp3) is 0.226. The Bertz CT molecular complexity index is 1830. The van der Waals surface area contributed by atoms with Crippen LogP contribution in [0.3, 0.4) is 0 Å². The van der Waals surface area contributed by atoms with E-state index in [-0.39, 0.29) is 35.2 Å².